The first-order valence-corrected chi connectivity index (χ1v) is 9.97. The first-order valence-electron chi connectivity index (χ1n) is 9.09. The molecule has 2 aliphatic heterocycles. The van der Waals surface area contributed by atoms with Gasteiger partial charge in [-0.1, -0.05) is 6.07 Å². The smallest absolute Gasteiger partial charge is 0.327 e. The maximum Gasteiger partial charge on any atom is 0.327 e. The Morgan fingerprint density at radius 3 is 2.59 bits per heavy atom. The lowest BCUT2D eigenvalue weighted by Gasteiger charge is -2.51. The van der Waals surface area contributed by atoms with Crippen molar-refractivity contribution in [3.8, 4) is 11.5 Å². The van der Waals surface area contributed by atoms with Crippen molar-refractivity contribution in [3.63, 3.8) is 0 Å². The van der Waals surface area contributed by atoms with Gasteiger partial charge in [-0.3, -0.25) is 15.3 Å². The van der Waals surface area contributed by atoms with Gasteiger partial charge in [0.15, 0.2) is 11.5 Å². The van der Waals surface area contributed by atoms with Crippen LogP contribution in [0.1, 0.15) is 26.3 Å². The van der Waals surface area contributed by atoms with Crippen molar-refractivity contribution in [3.05, 3.63) is 23.8 Å². The molecule has 158 valence electrons. The second kappa shape index (κ2) is 7.42. The maximum absolute atomic E-state index is 12.8. The largest absolute Gasteiger partial charge is 0.493 e. The third-order valence-corrected chi connectivity index (χ3v) is 6.99. The van der Waals surface area contributed by atoms with Gasteiger partial charge < -0.3 is 24.8 Å². The van der Waals surface area contributed by atoms with Crippen LogP contribution in [0, 0.1) is 0 Å². The van der Waals surface area contributed by atoms with Crippen molar-refractivity contribution in [2.24, 2.45) is 5.73 Å². The van der Waals surface area contributed by atoms with Crippen LogP contribution in [0.3, 0.4) is 0 Å². The SMILES string of the molecule is COc1cc(CC(=O)N[C@@]2(C)C(=O)N3[C@@H](C(=O)O)C(C)(C)S[C@@H]32)ccc1OCN. The summed E-state index contributed by atoms with van der Waals surface area (Å²) < 4.78 is 9.86. The van der Waals surface area contributed by atoms with E-state index in [4.69, 9.17) is 15.2 Å². The minimum atomic E-state index is -1.14. The Morgan fingerprint density at radius 2 is 2.00 bits per heavy atom. The minimum Gasteiger partial charge on any atom is -0.493 e. The van der Waals surface area contributed by atoms with Crippen LogP contribution in [0.4, 0.5) is 0 Å². The van der Waals surface area contributed by atoms with Gasteiger partial charge >= 0.3 is 5.97 Å². The first-order chi connectivity index (χ1) is 13.5. The fourth-order valence-electron chi connectivity index (χ4n) is 3.89. The van der Waals surface area contributed by atoms with Gasteiger partial charge in [0.25, 0.3) is 5.91 Å². The number of nitrogens with two attached hydrogens (primary N) is 1. The predicted octanol–water partition coefficient (Wildman–Crippen LogP) is 0.555. The molecule has 3 rings (SSSR count). The lowest BCUT2D eigenvalue weighted by molar-refractivity contribution is -0.167. The summed E-state index contributed by atoms with van der Waals surface area (Å²) in [5.41, 5.74) is 4.92. The van der Waals surface area contributed by atoms with Gasteiger partial charge in [0.2, 0.25) is 5.91 Å². The van der Waals surface area contributed by atoms with E-state index in [-0.39, 0.29) is 25.0 Å². The van der Waals surface area contributed by atoms with Crippen LogP contribution < -0.4 is 20.5 Å². The summed E-state index contributed by atoms with van der Waals surface area (Å²) in [4.78, 5) is 38.4. The van der Waals surface area contributed by atoms with E-state index in [9.17, 15) is 19.5 Å². The fourth-order valence-corrected chi connectivity index (χ4v) is 5.53. The number of amides is 2. The molecule has 2 fully saturated rings. The molecular weight excluding hydrogens is 398 g/mol. The zero-order valence-electron chi connectivity index (χ0n) is 16.7. The highest BCUT2D eigenvalue weighted by Crippen LogP contribution is 2.54. The van der Waals surface area contributed by atoms with Crippen LogP contribution in [-0.4, -0.2) is 63.3 Å². The monoisotopic (exact) mass is 423 g/mol. The number of hydrogen-bond donors (Lipinski definition) is 3. The molecule has 29 heavy (non-hydrogen) atoms. The van der Waals surface area contributed by atoms with Gasteiger partial charge in [0, 0.05) is 4.75 Å². The first kappa shape index (κ1) is 21.3. The van der Waals surface area contributed by atoms with E-state index >= 15 is 0 Å². The summed E-state index contributed by atoms with van der Waals surface area (Å²) in [6, 6.07) is 4.14. The summed E-state index contributed by atoms with van der Waals surface area (Å²) in [6.07, 6.45) is 0.0330. The molecule has 0 aromatic heterocycles. The quantitative estimate of drug-likeness (QED) is 0.428. The molecule has 1 aromatic rings. The Balaban J connectivity index is 1.72. The number of carboxylic acids is 1. The minimum absolute atomic E-state index is 0.0000998. The number of carbonyl (C=O) groups excluding carboxylic acids is 2. The molecule has 4 N–H and O–H groups in total. The Bertz CT molecular complexity index is 860. The Kier molecular flexibility index (Phi) is 5.44. The number of aliphatic carboxylic acids is 1. The normalized spacial score (nSPS) is 27.1. The zero-order valence-corrected chi connectivity index (χ0v) is 17.5. The van der Waals surface area contributed by atoms with Crippen molar-refractivity contribution in [2.75, 3.05) is 13.8 Å². The second-order valence-corrected chi connectivity index (χ2v) is 9.48. The third-order valence-electron chi connectivity index (χ3n) is 5.24. The van der Waals surface area contributed by atoms with Crippen LogP contribution in [0.25, 0.3) is 0 Å². The topological polar surface area (TPSA) is 131 Å². The molecule has 2 aliphatic rings. The third kappa shape index (κ3) is 3.51. The van der Waals surface area contributed by atoms with Crippen LogP contribution >= 0.6 is 11.8 Å². The standard InChI is InChI=1S/C19H25N3O6S/c1-18(2)14(15(24)25)22-16(26)19(3,17(22)29-18)21-13(23)8-10-5-6-11(28-9-20)12(7-10)27-4/h5-7,14,17H,8-9,20H2,1-4H3,(H,21,23)(H,24,25)/t14-,17+,19-/m0/s1. The lowest BCUT2D eigenvalue weighted by Crippen LogP contribution is -2.78. The highest BCUT2D eigenvalue weighted by molar-refractivity contribution is 8.01. The van der Waals surface area contributed by atoms with E-state index in [1.54, 1.807) is 39.0 Å². The van der Waals surface area contributed by atoms with Gasteiger partial charge in [-0.15, -0.1) is 11.8 Å². The highest BCUT2D eigenvalue weighted by atomic mass is 32.2. The Morgan fingerprint density at radius 1 is 1.31 bits per heavy atom. The number of methoxy groups -OCH3 is 1. The number of nitrogens with zero attached hydrogens (tertiary/aromatic N) is 1. The number of β-lactam (4-membered cyclic amide) rings is 1. The Labute approximate surface area is 172 Å². The number of ether oxygens (including phenoxy) is 2. The summed E-state index contributed by atoms with van der Waals surface area (Å²) in [7, 11) is 1.49. The molecule has 0 unspecified atom stereocenters. The number of rotatable bonds is 7. The van der Waals surface area contributed by atoms with Crippen LogP contribution in [0.2, 0.25) is 0 Å². The van der Waals surface area contributed by atoms with Crippen molar-refractivity contribution in [1.29, 1.82) is 0 Å². The molecule has 0 saturated carbocycles. The van der Waals surface area contributed by atoms with Gasteiger partial charge in [-0.05, 0) is 38.5 Å². The van der Waals surface area contributed by atoms with Crippen LogP contribution in [0.15, 0.2) is 18.2 Å². The molecule has 10 heteroatoms. The number of fused-ring (bicyclic) bond motifs is 1. The summed E-state index contributed by atoms with van der Waals surface area (Å²) in [5.74, 6) is -0.841. The Hall–Kier alpha value is -2.46. The number of hydrogen-bond acceptors (Lipinski definition) is 7. The molecule has 0 radical (unpaired) electrons. The average Bonchev–Trinajstić information content (AvgIpc) is 2.92. The van der Waals surface area contributed by atoms with Gasteiger partial charge in [-0.25, -0.2) is 4.79 Å². The average molecular weight is 423 g/mol. The van der Waals surface area contributed by atoms with Crippen molar-refractivity contribution < 1.29 is 29.0 Å². The zero-order chi connectivity index (χ0) is 21.6. The molecule has 3 atom stereocenters. The van der Waals surface area contributed by atoms with E-state index in [1.165, 1.54) is 23.8 Å². The summed E-state index contributed by atoms with van der Waals surface area (Å²) in [6.45, 7) is 5.23. The predicted molar refractivity (Wildman–Crippen MR) is 107 cm³/mol. The number of benzene rings is 1. The lowest BCUT2D eigenvalue weighted by atomic mass is 9.86. The van der Waals surface area contributed by atoms with Crippen molar-refractivity contribution >= 4 is 29.5 Å². The molecular formula is C19H25N3O6S. The van der Waals surface area contributed by atoms with E-state index in [1.807, 2.05) is 0 Å². The number of thioether (sulfide) groups is 1. The maximum atomic E-state index is 12.8. The molecule has 0 bridgehead atoms. The summed E-state index contributed by atoms with van der Waals surface area (Å²) >= 11 is 1.39. The van der Waals surface area contributed by atoms with Crippen LogP contribution in [0.5, 0.6) is 11.5 Å². The van der Waals surface area contributed by atoms with E-state index in [0.29, 0.717) is 17.1 Å². The molecule has 2 amide bonds. The number of carbonyl (C=O) groups is 3. The van der Waals surface area contributed by atoms with E-state index < -0.39 is 27.7 Å². The fraction of sp³-hybridized carbons (Fsp3) is 0.526. The van der Waals surface area contributed by atoms with Crippen LogP contribution in [-0.2, 0) is 20.8 Å². The molecule has 2 heterocycles. The number of carboxylic acid groups (broad SMARTS) is 1. The van der Waals surface area contributed by atoms with E-state index in [2.05, 4.69) is 5.32 Å². The van der Waals surface area contributed by atoms with Gasteiger partial charge in [0.1, 0.15) is 23.7 Å². The molecule has 0 aliphatic carbocycles. The second-order valence-electron chi connectivity index (χ2n) is 7.75. The molecule has 1 aromatic carbocycles. The molecule has 0 spiro atoms. The highest BCUT2D eigenvalue weighted by Gasteiger charge is 2.70. The van der Waals surface area contributed by atoms with Gasteiger partial charge in [0.05, 0.1) is 13.5 Å². The molecule has 9 nitrogen and oxygen atoms in total. The molecule has 2 saturated heterocycles. The summed E-state index contributed by atoms with van der Waals surface area (Å²) in [5, 5.41) is 11.9. The van der Waals surface area contributed by atoms with Crippen molar-refractivity contribution in [2.45, 2.75) is 48.9 Å². The van der Waals surface area contributed by atoms with Gasteiger partial charge in [-0.2, -0.15) is 0 Å². The number of nitrogens with one attached hydrogen (secondary N) is 1. The van der Waals surface area contributed by atoms with Crippen molar-refractivity contribution in [1.82, 2.24) is 10.2 Å². The van der Waals surface area contributed by atoms with E-state index in [0.717, 1.165) is 0 Å².